The lowest BCUT2D eigenvalue weighted by Gasteiger charge is -2.30. The van der Waals surface area contributed by atoms with E-state index >= 15 is 0 Å². The monoisotopic (exact) mass is 531 g/mol. The van der Waals surface area contributed by atoms with E-state index in [4.69, 9.17) is 9.47 Å². The van der Waals surface area contributed by atoms with Crippen LogP contribution in [-0.2, 0) is 26.2 Å². The molecule has 1 N–H and O–H groups in total. The molecule has 2 aromatic rings. The van der Waals surface area contributed by atoms with Crippen LogP contribution in [0.1, 0.15) is 39.2 Å². The molecule has 37 heavy (non-hydrogen) atoms. The summed E-state index contributed by atoms with van der Waals surface area (Å²) in [6, 6.07) is 13.8. The molecule has 0 radical (unpaired) electrons. The molecule has 0 spiro atoms. The van der Waals surface area contributed by atoms with Gasteiger partial charge in [-0.05, 0) is 37.0 Å². The normalized spacial score (nSPS) is 13.6. The number of sulfonamides is 1. The van der Waals surface area contributed by atoms with Crippen molar-refractivity contribution in [2.75, 3.05) is 36.9 Å². The maximum atomic E-state index is 13.3. The van der Waals surface area contributed by atoms with Crippen LogP contribution in [0.15, 0.2) is 48.5 Å². The van der Waals surface area contributed by atoms with Crippen molar-refractivity contribution in [2.24, 2.45) is 5.92 Å². The molecule has 1 aliphatic rings. The molecule has 0 bridgehead atoms. The van der Waals surface area contributed by atoms with Gasteiger partial charge >= 0.3 is 0 Å². The quantitative estimate of drug-likeness (QED) is 0.451. The Hall–Kier alpha value is -3.27. The third-order valence-corrected chi connectivity index (χ3v) is 7.21. The Kier molecular flexibility index (Phi) is 9.79. The van der Waals surface area contributed by atoms with E-state index in [1.54, 1.807) is 30.0 Å². The van der Waals surface area contributed by atoms with Gasteiger partial charge in [-0.2, -0.15) is 0 Å². The van der Waals surface area contributed by atoms with Crippen LogP contribution in [0.2, 0.25) is 0 Å². The molecule has 1 heterocycles. The van der Waals surface area contributed by atoms with Crippen LogP contribution in [0.5, 0.6) is 11.5 Å². The average Bonchev–Trinajstić information content (AvgIpc) is 2.87. The van der Waals surface area contributed by atoms with Crippen molar-refractivity contribution in [1.29, 1.82) is 0 Å². The van der Waals surface area contributed by atoms with Crippen molar-refractivity contribution in [2.45, 2.75) is 46.2 Å². The number of rotatable bonds is 12. The third kappa shape index (κ3) is 8.11. The Morgan fingerprint density at radius 2 is 1.68 bits per heavy atom. The average molecular weight is 532 g/mol. The van der Waals surface area contributed by atoms with E-state index in [2.05, 4.69) is 5.32 Å². The van der Waals surface area contributed by atoms with Gasteiger partial charge in [0.15, 0.2) is 11.5 Å². The van der Waals surface area contributed by atoms with Crippen molar-refractivity contribution in [3.05, 3.63) is 54.1 Å². The third-order valence-electron chi connectivity index (χ3n) is 6.01. The maximum absolute atomic E-state index is 13.3. The van der Waals surface area contributed by atoms with Crippen LogP contribution >= 0.6 is 0 Å². The number of anilines is 1. The highest BCUT2D eigenvalue weighted by Gasteiger charge is 2.27. The Morgan fingerprint density at radius 1 is 1.00 bits per heavy atom. The standard InChI is InChI=1S/C27H37N3O6S/c1-20(2)18-28-27(32)21(3)29(19-22-9-6-5-7-10-22)26(31)11-8-14-30(37(4,33)34)23-12-13-24-25(17-23)36-16-15-35-24/h5-7,9-10,12-13,17,20-21H,8,11,14-16,18-19H2,1-4H3,(H,28,32). The highest BCUT2D eigenvalue weighted by Crippen LogP contribution is 2.34. The molecule has 0 aromatic heterocycles. The lowest BCUT2D eigenvalue weighted by atomic mass is 10.1. The van der Waals surface area contributed by atoms with Crippen molar-refractivity contribution >= 4 is 27.5 Å². The first-order chi connectivity index (χ1) is 17.6. The summed E-state index contributed by atoms with van der Waals surface area (Å²) >= 11 is 0. The highest BCUT2D eigenvalue weighted by molar-refractivity contribution is 7.92. The first kappa shape index (κ1) is 28.3. The molecule has 0 aliphatic carbocycles. The topological polar surface area (TPSA) is 105 Å². The molecule has 1 unspecified atom stereocenters. The maximum Gasteiger partial charge on any atom is 0.242 e. The predicted molar refractivity (Wildman–Crippen MR) is 143 cm³/mol. The smallest absolute Gasteiger partial charge is 0.242 e. The molecule has 0 fully saturated rings. The second-order valence-electron chi connectivity index (χ2n) is 9.59. The zero-order valence-corrected chi connectivity index (χ0v) is 22.8. The van der Waals surface area contributed by atoms with Crippen molar-refractivity contribution in [3.63, 3.8) is 0 Å². The first-order valence-corrected chi connectivity index (χ1v) is 14.4. The van der Waals surface area contributed by atoms with Crippen LogP contribution in [0, 0.1) is 5.92 Å². The zero-order valence-electron chi connectivity index (χ0n) is 22.0. The number of hydrogen-bond acceptors (Lipinski definition) is 6. The number of fused-ring (bicyclic) bond motifs is 1. The zero-order chi connectivity index (χ0) is 27.0. The van der Waals surface area contributed by atoms with E-state index in [0.717, 1.165) is 11.8 Å². The van der Waals surface area contributed by atoms with Gasteiger partial charge in [-0.15, -0.1) is 0 Å². The van der Waals surface area contributed by atoms with E-state index in [1.807, 2.05) is 44.2 Å². The minimum atomic E-state index is -3.61. The largest absolute Gasteiger partial charge is 0.486 e. The van der Waals surface area contributed by atoms with Crippen LogP contribution in [0.4, 0.5) is 5.69 Å². The fourth-order valence-electron chi connectivity index (χ4n) is 4.01. The number of nitrogens with one attached hydrogen (secondary N) is 1. The Labute approximate surface area is 219 Å². The van der Waals surface area contributed by atoms with Crippen LogP contribution in [0.25, 0.3) is 0 Å². The summed E-state index contributed by atoms with van der Waals surface area (Å²) in [5.41, 5.74) is 1.36. The van der Waals surface area contributed by atoms with Crippen molar-refractivity contribution in [3.8, 4) is 11.5 Å². The molecule has 9 nitrogen and oxygen atoms in total. The number of amides is 2. The Morgan fingerprint density at radius 3 is 2.32 bits per heavy atom. The molecule has 0 saturated heterocycles. The van der Waals surface area contributed by atoms with E-state index in [1.165, 1.54) is 4.31 Å². The van der Waals surface area contributed by atoms with Gasteiger partial charge in [0.2, 0.25) is 21.8 Å². The fraction of sp³-hybridized carbons (Fsp3) is 0.481. The molecule has 2 amide bonds. The highest BCUT2D eigenvalue weighted by atomic mass is 32.2. The van der Waals surface area contributed by atoms with Crippen LogP contribution in [0.3, 0.4) is 0 Å². The number of hydrogen-bond donors (Lipinski definition) is 1. The van der Waals surface area contributed by atoms with Crippen molar-refractivity contribution < 1.29 is 27.5 Å². The van der Waals surface area contributed by atoms with Crippen LogP contribution < -0.4 is 19.1 Å². The van der Waals surface area contributed by atoms with Gasteiger partial charge in [0, 0.05) is 32.1 Å². The number of carbonyl (C=O) groups is 2. The van der Waals surface area contributed by atoms with E-state index < -0.39 is 16.1 Å². The summed E-state index contributed by atoms with van der Waals surface area (Å²) in [5.74, 6) is 0.916. The van der Waals surface area contributed by atoms with Gasteiger partial charge < -0.3 is 19.7 Å². The van der Waals surface area contributed by atoms with E-state index in [0.29, 0.717) is 36.9 Å². The molecule has 202 valence electrons. The van der Waals surface area contributed by atoms with Gasteiger partial charge in [-0.3, -0.25) is 13.9 Å². The summed E-state index contributed by atoms with van der Waals surface area (Å²) in [5, 5.41) is 2.90. The number of carbonyl (C=O) groups excluding carboxylic acids is 2. The van der Waals surface area contributed by atoms with E-state index in [9.17, 15) is 18.0 Å². The molecule has 3 rings (SSSR count). The lowest BCUT2D eigenvalue weighted by molar-refractivity contribution is -0.140. The van der Waals surface area contributed by atoms with Gasteiger partial charge in [0.25, 0.3) is 0 Å². The first-order valence-electron chi connectivity index (χ1n) is 12.5. The van der Waals surface area contributed by atoms with Gasteiger partial charge in [0.1, 0.15) is 19.3 Å². The van der Waals surface area contributed by atoms with E-state index in [-0.39, 0.29) is 43.7 Å². The summed E-state index contributed by atoms with van der Waals surface area (Å²) < 4.78 is 37.5. The SMILES string of the molecule is CC(C)CNC(=O)C(C)N(Cc1ccccc1)C(=O)CCCN(c1ccc2c(c1)OCCO2)S(C)(=O)=O. The molecule has 10 heteroatoms. The second kappa shape index (κ2) is 12.8. The molecule has 0 saturated carbocycles. The molecular formula is C27H37N3O6S. The fourth-order valence-corrected chi connectivity index (χ4v) is 4.96. The molecular weight excluding hydrogens is 494 g/mol. The lowest BCUT2D eigenvalue weighted by Crippen LogP contribution is -2.48. The van der Waals surface area contributed by atoms with Gasteiger partial charge in [0.05, 0.1) is 11.9 Å². The predicted octanol–water partition coefficient (Wildman–Crippen LogP) is 3.19. The summed E-state index contributed by atoms with van der Waals surface area (Å²) in [6.07, 6.45) is 1.51. The van der Waals surface area contributed by atoms with Crippen LogP contribution in [-0.4, -0.2) is 63.7 Å². The second-order valence-corrected chi connectivity index (χ2v) is 11.5. The Balaban J connectivity index is 1.71. The van der Waals surface area contributed by atoms with Crippen molar-refractivity contribution in [1.82, 2.24) is 10.2 Å². The van der Waals surface area contributed by atoms with Gasteiger partial charge in [-0.1, -0.05) is 44.2 Å². The molecule has 1 aliphatic heterocycles. The number of ether oxygens (including phenoxy) is 2. The number of nitrogens with zero attached hydrogens (tertiary/aromatic N) is 2. The minimum absolute atomic E-state index is 0.0885. The summed E-state index contributed by atoms with van der Waals surface area (Å²) in [4.78, 5) is 27.7. The summed E-state index contributed by atoms with van der Waals surface area (Å²) in [6.45, 7) is 7.48. The minimum Gasteiger partial charge on any atom is -0.486 e. The molecule has 1 atom stereocenters. The molecule has 2 aromatic carbocycles. The summed E-state index contributed by atoms with van der Waals surface area (Å²) in [7, 11) is -3.61. The van der Waals surface area contributed by atoms with Gasteiger partial charge in [-0.25, -0.2) is 8.42 Å². The number of benzene rings is 2. The Bertz CT molecular complexity index is 1170.